The van der Waals surface area contributed by atoms with Crippen LogP contribution >= 0.6 is 0 Å². The lowest BCUT2D eigenvalue weighted by Gasteiger charge is -2.00. The fourth-order valence-corrected chi connectivity index (χ4v) is 0.938. The molecule has 0 aliphatic rings. The van der Waals surface area contributed by atoms with E-state index in [0.717, 1.165) is 6.54 Å². The summed E-state index contributed by atoms with van der Waals surface area (Å²) in [4.78, 5) is 10.2. The number of nitrogens with two attached hydrogens (primary N) is 1. The maximum Gasteiger partial charge on any atom is 0.404 e. The second-order valence-electron chi connectivity index (χ2n) is 2.88. The molecule has 16 heavy (non-hydrogen) atoms. The van der Waals surface area contributed by atoms with Crippen LogP contribution in [0.4, 0.5) is 10.8 Å². The minimum absolute atomic E-state index is 0.153. The lowest BCUT2D eigenvalue weighted by atomic mass is 10.6. The van der Waals surface area contributed by atoms with Crippen molar-refractivity contribution in [3.05, 3.63) is 5.89 Å². The fraction of sp³-hybridized carbons (Fsp3) is 0.625. The zero-order chi connectivity index (χ0) is 11.8. The topological polar surface area (TPSA) is 115 Å². The van der Waals surface area contributed by atoms with Crippen LogP contribution in [0, 0.1) is 0 Å². The molecule has 1 rings (SSSR count). The number of aromatic nitrogens is 2. The Labute approximate surface area is 92.5 Å². The Balaban J connectivity index is 2.21. The summed E-state index contributed by atoms with van der Waals surface area (Å²) in [5, 5.41) is 13.4. The molecular weight excluding hydrogens is 214 g/mol. The zero-order valence-electron chi connectivity index (χ0n) is 9.02. The molecule has 0 saturated heterocycles. The van der Waals surface area contributed by atoms with Crippen LogP contribution in [0.2, 0.25) is 0 Å². The molecule has 90 valence electrons. The van der Waals surface area contributed by atoms with E-state index in [2.05, 4.69) is 25.6 Å². The highest BCUT2D eigenvalue weighted by Gasteiger charge is 2.04. The van der Waals surface area contributed by atoms with Gasteiger partial charge in [0.15, 0.2) is 0 Å². The van der Waals surface area contributed by atoms with Gasteiger partial charge in [0.25, 0.3) is 0 Å². The summed E-state index contributed by atoms with van der Waals surface area (Å²) in [6.07, 6.45) is -0.805. The largest absolute Gasteiger partial charge is 0.448 e. The summed E-state index contributed by atoms with van der Waals surface area (Å²) < 4.78 is 9.73. The molecule has 0 unspecified atom stereocenters. The maximum atomic E-state index is 10.2. The quantitative estimate of drug-likeness (QED) is 0.549. The first-order valence-electron chi connectivity index (χ1n) is 4.91. The van der Waals surface area contributed by atoms with Gasteiger partial charge in [-0.25, -0.2) is 4.79 Å². The van der Waals surface area contributed by atoms with Crippen molar-refractivity contribution in [3.63, 3.8) is 0 Å². The van der Waals surface area contributed by atoms with Gasteiger partial charge in [0.05, 0.1) is 13.1 Å². The van der Waals surface area contributed by atoms with Gasteiger partial charge in [0.1, 0.15) is 6.61 Å². The van der Waals surface area contributed by atoms with Crippen LogP contribution in [0.5, 0.6) is 0 Å². The Hall–Kier alpha value is -1.83. The number of primary amides is 1. The van der Waals surface area contributed by atoms with E-state index in [1.165, 1.54) is 0 Å². The van der Waals surface area contributed by atoms with Gasteiger partial charge in [-0.3, -0.25) is 0 Å². The number of ether oxygens (including phenoxy) is 1. The average Bonchev–Trinajstić information content (AvgIpc) is 2.69. The summed E-state index contributed by atoms with van der Waals surface area (Å²) in [7, 11) is 0. The number of rotatable bonds is 7. The first-order chi connectivity index (χ1) is 7.72. The molecule has 8 heteroatoms. The predicted molar refractivity (Wildman–Crippen MR) is 55.7 cm³/mol. The van der Waals surface area contributed by atoms with E-state index >= 15 is 0 Å². The van der Waals surface area contributed by atoms with Gasteiger partial charge in [-0.2, -0.15) is 0 Å². The highest BCUT2D eigenvalue weighted by Crippen LogP contribution is 2.04. The smallest absolute Gasteiger partial charge is 0.404 e. The average molecular weight is 229 g/mol. The number of nitrogens with zero attached hydrogens (tertiary/aromatic N) is 2. The standard InChI is InChI=1S/C8H15N5O3/c1-2-10-5-6-12-13-8(16-6)11-3-4-15-7(9)14/h10H,2-5H2,1H3,(H2,9,14)(H,11,13). The number of nitrogens with one attached hydrogen (secondary N) is 2. The number of hydrogen-bond acceptors (Lipinski definition) is 7. The third kappa shape index (κ3) is 4.60. The SMILES string of the molecule is CCNCc1nnc(NCCOC(N)=O)o1. The molecule has 0 saturated carbocycles. The molecule has 0 spiro atoms. The van der Waals surface area contributed by atoms with Gasteiger partial charge in [-0.15, -0.1) is 5.10 Å². The van der Waals surface area contributed by atoms with Crippen molar-refractivity contribution >= 4 is 12.1 Å². The third-order valence-corrected chi connectivity index (χ3v) is 1.62. The van der Waals surface area contributed by atoms with Gasteiger partial charge in [-0.1, -0.05) is 12.0 Å². The van der Waals surface area contributed by atoms with Crippen LogP contribution in [0.15, 0.2) is 4.42 Å². The van der Waals surface area contributed by atoms with Gasteiger partial charge < -0.3 is 25.5 Å². The minimum Gasteiger partial charge on any atom is -0.448 e. The summed E-state index contributed by atoms with van der Waals surface area (Å²) in [5.74, 6) is 0.500. The van der Waals surface area contributed by atoms with Gasteiger partial charge >= 0.3 is 12.1 Å². The summed E-state index contributed by atoms with van der Waals surface area (Å²) in [6.45, 7) is 3.86. The molecule has 1 heterocycles. The second-order valence-corrected chi connectivity index (χ2v) is 2.88. The molecule has 0 atom stereocenters. The van der Waals surface area contributed by atoms with E-state index < -0.39 is 6.09 Å². The summed E-state index contributed by atoms with van der Waals surface area (Å²) in [5.41, 5.74) is 4.78. The predicted octanol–water partition coefficient (Wildman–Crippen LogP) is -0.314. The van der Waals surface area contributed by atoms with E-state index in [4.69, 9.17) is 10.2 Å². The molecule has 1 amide bonds. The number of carbonyl (C=O) groups is 1. The van der Waals surface area contributed by atoms with Crippen molar-refractivity contribution < 1.29 is 13.9 Å². The molecule has 8 nitrogen and oxygen atoms in total. The van der Waals surface area contributed by atoms with E-state index in [1.807, 2.05) is 6.92 Å². The Morgan fingerprint density at radius 3 is 3.06 bits per heavy atom. The zero-order valence-corrected chi connectivity index (χ0v) is 9.02. The van der Waals surface area contributed by atoms with Crippen molar-refractivity contribution in [1.82, 2.24) is 15.5 Å². The van der Waals surface area contributed by atoms with Crippen LogP contribution in [0.1, 0.15) is 12.8 Å². The highest BCUT2D eigenvalue weighted by atomic mass is 16.5. The van der Waals surface area contributed by atoms with Gasteiger partial charge in [0, 0.05) is 0 Å². The van der Waals surface area contributed by atoms with Crippen molar-refractivity contribution in [2.24, 2.45) is 5.73 Å². The number of amides is 1. The van der Waals surface area contributed by atoms with Crippen molar-refractivity contribution in [2.75, 3.05) is 25.0 Å². The fourth-order valence-electron chi connectivity index (χ4n) is 0.938. The Kier molecular flexibility index (Phi) is 5.06. The van der Waals surface area contributed by atoms with Crippen LogP contribution in [0.3, 0.4) is 0 Å². The lowest BCUT2D eigenvalue weighted by Crippen LogP contribution is -2.18. The van der Waals surface area contributed by atoms with Crippen LogP contribution in [0.25, 0.3) is 0 Å². The Morgan fingerprint density at radius 2 is 2.38 bits per heavy atom. The second kappa shape index (κ2) is 6.62. The van der Waals surface area contributed by atoms with Crippen LogP contribution < -0.4 is 16.4 Å². The maximum absolute atomic E-state index is 10.2. The molecule has 0 radical (unpaired) electrons. The molecule has 0 bridgehead atoms. The highest BCUT2D eigenvalue weighted by molar-refractivity contribution is 5.64. The molecule has 1 aromatic heterocycles. The normalized spacial score (nSPS) is 10.1. The molecule has 0 aliphatic heterocycles. The first kappa shape index (κ1) is 12.2. The first-order valence-corrected chi connectivity index (χ1v) is 4.91. The minimum atomic E-state index is -0.805. The van der Waals surface area contributed by atoms with E-state index in [-0.39, 0.29) is 6.61 Å². The summed E-state index contributed by atoms with van der Waals surface area (Å²) in [6, 6.07) is 0.293. The Bertz CT molecular complexity index is 327. The van der Waals surface area contributed by atoms with Crippen LogP contribution in [-0.2, 0) is 11.3 Å². The molecule has 1 aromatic rings. The molecule has 0 aromatic carbocycles. The number of anilines is 1. The Morgan fingerprint density at radius 1 is 1.56 bits per heavy atom. The lowest BCUT2D eigenvalue weighted by molar-refractivity contribution is 0.161. The van der Waals surface area contributed by atoms with E-state index in [0.29, 0.717) is 25.0 Å². The van der Waals surface area contributed by atoms with E-state index in [9.17, 15) is 4.79 Å². The van der Waals surface area contributed by atoms with Gasteiger partial charge in [0.2, 0.25) is 5.89 Å². The molecule has 0 fully saturated rings. The monoisotopic (exact) mass is 229 g/mol. The number of hydrogen-bond donors (Lipinski definition) is 3. The molecular formula is C8H15N5O3. The molecule has 4 N–H and O–H groups in total. The van der Waals surface area contributed by atoms with Gasteiger partial charge in [-0.05, 0) is 6.54 Å². The van der Waals surface area contributed by atoms with Crippen molar-refractivity contribution in [3.8, 4) is 0 Å². The van der Waals surface area contributed by atoms with E-state index in [1.54, 1.807) is 0 Å². The summed E-state index contributed by atoms with van der Waals surface area (Å²) >= 11 is 0. The molecule has 0 aliphatic carbocycles. The number of carbonyl (C=O) groups excluding carboxylic acids is 1. The third-order valence-electron chi connectivity index (χ3n) is 1.62. The van der Waals surface area contributed by atoms with Crippen molar-refractivity contribution in [2.45, 2.75) is 13.5 Å². The van der Waals surface area contributed by atoms with Crippen LogP contribution in [-0.4, -0.2) is 36.0 Å². The van der Waals surface area contributed by atoms with Crippen molar-refractivity contribution in [1.29, 1.82) is 0 Å².